The molecule has 8 heteroatoms. The highest BCUT2D eigenvalue weighted by molar-refractivity contribution is 8.00. The fraction of sp³-hybridized carbons (Fsp3) is 0.444. The zero-order valence-corrected chi connectivity index (χ0v) is 21.3. The molecule has 1 saturated carbocycles. The fourth-order valence-corrected chi connectivity index (χ4v) is 5.04. The summed E-state index contributed by atoms with van der Waals surface area (Å²) in [6.45, 7) is 0.0789. The lowest BCUT2D eigenvalue weighted by Crippen LogP contribution is -2.39. The molecule has 0 spiro atoms. The number of methoxy groups -OCH3 is 1. The smallest absolute Gasteiger partial charge is 0.339 e. The van der Waals surface area contributed by atoms with E-state index in [-0.39, 0.29) is 24.2 Å². The van der Waals surface area contributed by atoms with Crippen LogP contribution in [0.3, 0.4) is 0 Å². The van der Waals surface area contributed by atoms with Crippen molar-refractivity contribution in [2.24, 2.45) is 0 Å². The molecule has 0 unspecified atom stereocenters. The molecule has 0 saturated heterocycles. The Kier molecular flexibility index (Phi) is 10.5. The van der Waals surface area contributed by atoms with E-state index in [1.165, 1.54) is 31.0 Å². The van der Waals surface area contributed by atoms with E-state index in [9.17, 15) is 14.4 Å². The van der Waals surface area contributed by atoms with Gasteiger partial charge in [0, 0.05) is 24.5 Å². The predicted molar refractivity (Wildman–Crippen MR) is 137 cm³/mol. The van der Waals surface area contributed by atoms with Crippen molar-refractivity contribution >= 4 is 29.5 Å². The maximum atomic E-state index is 12.7. The van der Waals surface area contributed by atoms with Gasteiger partial charge in [0.15, 0.2) is 6.61 Å². The first kappa shape index (κ1) is 26.6. The Bertz CT molecular complexity index is 989. The maximum Gasteiger partial charge on any atom is 0.339 e. The highest BCUT2D eigenvalue weighted by atomic mass is 32.2. The van der Waals surface area contributed by atoms with Crippen LogP contribution >= 0.6 is 11.8 Å². The second-order valence-corrected chi connectivity index (χ2v) is 9.62. The first-order valence-electron chi connectivity index (χ1n) is 12.0. The average Bonchev–Trinajstić information content (AvgIpc) is 2.91. The highest BCUT2D eigenvalue weighted by Gasteiger charge is 2.23. The number of benzene rings is 2. The number of carbonyl (C=O) groups excluding carboxylic acids is 3. The minimum absolute atomic E-state index is 0.0568. The van der Waals surface area contributed by atoms with Crippen LogP contribution in [0.4, 0.5) is 0 Å². The summed E-state index contributed by atoms with van der Waals surface area (Å²) in [5.41, 5.74) is 1.43. The summed E-state index contributed by atoms with van der Waals surface area (Å²) >= 11 is 1.32. The molecule has 0 heterocycles. The van der Waals surface area contributed by atoms with Crippen LogP contribution in [0, 0.1) is 0 Å². The van der Waals surface area contributed by atoms with Crippen LogP contribution in [0.2, 0.25) is 0 Å². The largest absolute Gasteiger partial charge is 0.497 e. The van der Waals surface area contributed by atoms with E-state index in [0.717, 1.165) is 24.2 Å². The molecule has 1 fully saturated rings. The highest BCUT2D eigenvalue weighted by Crippen LogP contribution is 2.26. The Labute approximate surface area is 211 Å². The van der Waals surface area contributed by atoms with Gasteiger partial charge in [0.2, 0.25) is 5.91 Å². The number of hydrogen-bond acceptors (Lipinski definition) is 6. The summed E-state index contributed by atoms with van der Waals surface area (Å²) in [6, 6.07) is 14.9. The molecule has 2 amide bonds. The van der Waals surface area contributed by atoms with Crippen molar-refractivity contribution in [2.45, 2.75) is 49.5 Å². The predicted octanol–water partition coefficient (Wildman–Crippen LogP) is 4.09. The van der Waals surface area contributed by atoms with Gasteiger partial charge < -0.3 is 19.7 Å². The Morgan fingerprint density at radius 2 is 1.74 bits per heavy atom. The van der Waals surface area contributed by atoms with Crippen LogP contribution in [0.15, 0.2) is 53.4 Å². The molecule has 188 valence electrons. The van der Waals surface area contributed by atoms with E-state index in [1.54, 1.807) is 25.3 Å². The maximum absolute atomic E-state index is 12.7. The number of thioether (sulfide) groups is 1. The van der Waals surface area contributed by atoms with Gasteiger partial charge in [-0.25, -0.2) is 4.79 Å². The number of nitrogens with one attached hydrogen (secondary N) is 1. The molecule has 0 bridgehead atoms. The number of esters is 1. The van der Waals surface area contributed by atoms with Crippen LogP contribution in [-0.2, 0) is 20.7 Å². The molecule has 1 aliphatic rings. The summed E-state index contributed by atoms with van der Waals surface area (Å²) in [5.74, 6) is 0.154. The number of rotatable bonds is 11. The van der Waals surface area contributed by atoms with Gasteiger partial charge >= 0.3 is 5.97 Å². The molecule has 7 nitrogen and oxygen atoms in total. The Morgan fingerprint density at radius 3 is 2.46 bits per heavy atom. The lowest BCUT2D eigenvalue weighted by Gasteiger charge is -2.31. The van der Waals surface area contributed by atoms with Gasteiger partial charge in [-0.05, 0) is 49.1 Å². The van der Waals surface area contributed by atoms with E-state index < -0.39 is 5.97 Å². The van der Waals surface area contributed by atoms with Crippen LogP contribution in [-0.4, -0.2) is 61.8 Å². The molecule has 3 rings (SSSR count). The van der Waals surface area contributed by atoms with Gasteiger partial charge in [-0.2, -0.15) is 0 Å². The molecule has 35 heavy (non-hydrogen) atoms. The summed E-state index contributed by atoms with van der Waals surface area (Å²) in [6.07, 6.45) is 6.34. The number of hydrogen-bond donors (Lipinski definition) is 1. The molecule has 1 N–H and O–H groups in total. The fourth-order valence-electron chi connectivity index (χ4n) is 4.07. The van der Waals surface area contributed by atoms with E-state index in [4.69, 9.17) is 9.47 Å². The first-order chi connectivity index (χ1) is 17.0. The lowest BCUT2D eigenvalue weighted by molar-refractivity contribution is -0.129. The molecule has 0 aliphatic heterocycles. The third-order valence-electron chi connectivity index (χ3n) is 6.20. The van der Waals surface area contributed by atoms with Gasteiger partial charge in [0.05, 0.1) is 18.4 Å². The van der Waals surface area contributed by atoms with Crippen LogP contribution in [0.5, 0.6) is 5.75 Å². The van der Waals surface area contributed by atoms with E-state index >= 15 is 0 Å². The van der Waals surface area contributed by atoms with Crippen LogP contribution in [0.25, 0.3) is 0 Å². The quantitative estimate of drug-likeness (QED) is 0.371. The zero-order chi connectivity index (χ0) is 25.0. The first-order valence-corrected chi connectivity index (χ1v) is 13.0. The normalized spacial score (nSPS) is 13.7. The SMILES string of the molecule is COc1ccc(CCNC(=O)COC(=O)c2ccccc2SCC(=O)N(C)C2CCCCC2)cc1. The molecular weight excluding hydrogens is 464 g/mol. The van der Waals surface area contributed by atoms with Gasteiger partial charge in [-0.1, -0.05) is 43.5 Å². The number of amides is 2. The van der Waals surface area contributed by atoms with Crippen molar-refractivity contribution < 1.29 is 23.9 Å². The van der Waals surface area contributed by atoms with Crippen LogP contribution in [0.1, 0.15) is 48.0 Å². The van der Waals surface area contributed by atoms with Crippen molar-refractivity contribution in [3.8, 4) is 5.75 Å². The standard InChI is InChI=1S/C27H34N2O5S/c1-29(21-8-4-3-5-9-21)26(31)19-35-24-11-7-6-10-23(24)27(32)34-18-25(30)28-17-16-20-12-14-22(33-2)15-13-20/h6-7,10-15,21H,3-5,8-9,16-19H2,1-2H3,(H,28,30). The second-order valence-electron chi connectivity index (χ2n) is 8.61. The third-order valence-corrected chi connectivity index (χ3v) is 7.26. The van der Waals surface area contributed by atoms with Gasteiger partial charge in [0.25, 0.3) is 5.91 Å². The third kappa shape index (κ3) is 8.31. The number of nitrogens with zero attached hydrogens (tertiary/aromatic N) is 1. The topological polar surface area (TPSA) is 84.9 Å². The van der Waals surface area contributed by atoms with Crippen molar-refractivity contribution in [2.75, 3.05) is 33.1 Å². The molecular formula is C27H34N2O5S. The molecule has 0 radical (unpaired) electrons. The second kappa shape index (κ2) is 13.8. The Morgan fingerprint density at radius 1 is 1.03 bits per heavy atom. The van der Waals surface area contributed by atoms with Crippen LogP contribution < -0.4 is 10.1 Å². The minimum Gasteiger partial charge on any atom is -0.497 e. The van der Waals surface area contributed by atoms with Gasteiger partial charge in [-0.3, -0.25) is 9.59 Å². The summed E-state index contributed by atoms with van der Waals surface area (Å²) in [7, 11) is 3.48. The number of ether oxygens (including phenoxy) is 2. The van der Waals surface area contributed by atoms with Gasteiger partial charge in [0.1, 0.15) is 5.75 Å². The van der Waals surface area contributed by atoms with Crippen molar-refractivity contribution in [3.05, 3.63) is 59.7 Å². The lowest BCUT2D eigenvalue weighted by atomic mass is 9.94. The molecule has 2 aromatic rings. The van der Waals surface area contributed by atoms with Crippen molar-refractivity contribution in [1.29, 1.82) is 0 Å². The van der Waals surface area contributed by atoms with Crippen molar-refractivity contribution in [3.63, 3.8) is 0 Å². The van der Waals surface area contributed by atoms with E-state index in [0.29, 0.717) is 29.5 Å². The number of carbonyl (C=O) groups is 3. The Balaban J connectivity index is 1.43. The summed E-state index contributed by atoms with van der Waals surface area (Å²) in [4.78, 5) is 40.0. The van der Waals surface area contributed by atoms with E-state index in [2.05, 4.69) is 5.32 Å². The minimum atomic E-state index is -0.577. The molecule has 1 aliphatic carbocycles. The van der Waals surface area contributed by atoms with Gasteiger partial charge in [-0.15, -0.1) is 11.8 Å². The zero-order valence-electron chi connectivity index (χ0n) is 20.5. The van der Waals surface area contributed by atoms with E-state index in [1.807, 2.05) is 42.3 Å². The summed E-state index contributed by atoms with van der Waals surface area (Å²) in [5, 5.41) is 2.76. The van der Waals surface area contributed by atoms with Crippen molar-refractivity contribution in [1.82, 2.24) is 10.2 Å². The molecule has 0 aromatic heterocycles. The Hall–Kier alpha value is -3.00. The molecule has 2 aromatic carbocycles. The molecule has 0 atom stereocenters. The summed E-state index contributed by atoms with van der Waals surface area (Å²) < 4.78 is 10.4. The average molecular weight is 499 g/mol. The monoisotopic (exact) mass is 498 g/mol.